The molecule has 2 aliphatic rings. The number of Topliss-reactive ketones (excluding diaryl/α,β-unsaturated/α-hetero) is 1. The van der Waals surface area contributed by atoms with E-state index in [2.05, 4.69) is 0 Å². The molecule has 0 aromatic carbocycles. The van der Waals surface area contributed by atoms with Crippen molar-refractivity contribution in [3.63, 3.8) is 0 Å². The molecule has 4 heteroatoms. The molecule has 3 unspecified atom stereocenters. The smallest absolute Gasteiger partial charge is 0.317 e. The summed E-state index contributed by atoms with van der Waals surface area (Å²) in [7, 11) is 0. The van der Waals surface area contributed by atoms with Crippen molar-refractivity contribution in [3.05, 3.63) is 0 Å². The highest BCUT2D eigenvalue weighted by Gasteiger charge is 2.54. The van der Waals surface area contributed by atoms with Gasteiger partial charge in [0.25, 0.3) is 0 Å². The van der Waals surface area contributed by atoms with Gasteiger partial charge in [-0.2, -0.15) is 0 Å². The van der Waals surface area contributed by atoms with E-state index >= 15 is 0 Å². The van der Waals surface area contributed by atoms with Crippen LogP contribution in [0.15, 0.2) is 0 Å². The lowest BCUT2D eigenvalue weighted by atomic mass is 9.60. The number of rotatable bonds is 2. The van der Waals surface area contributed by atoms with Gasteiger partial charge >= 0.3 is 5.97 Å². The minimum atomic E-state index is -1.29. The standard InChI is InChI=1S/C13H20O4/c14-10-6-2-1-5-9(10)13(12(16)17)8-4-3-7-11(13)15/h9-10,14H,1-8H2,(H,16,17). The summed E-state index contributed by atoms with van der Waals surface area (Å²) < 4.78 is 0. The summed E-state index contributed by atoms with van der Waals surface area (Å²) in [6.45, 7) is 0. The molecule has 17 heavy (non-hydrogen) atoms. The molecule has 3 atom stereocenters. The Balaban J connectivity index is 2.32. The Kier molecular flexibility index (Phi) is 3.52. The molecule has 0 radical (unpaired) electrons. The number of aliphatic carboxylic acids is 1. The number of carboxylic acid groups (broad SMARTS) is 1. The normalized spacial score (nSPS) is 39.0. The number of carbonyl (C=O) groups excluding carboxylic acids is 1. The lowest BCUT2D eigenvalue weighted by Gasteiger charge is -2.42. The molecule has 2 N–H and O–H groups in total. The van der Waals surface area contributed by atoms with Crippen molar-refractivity contribution in [3.8, 4) is 0 Å². The number of carbonyl (C=O) groups is 2. The molecule has 0 spiro atoms. The maximum absolute atomic E-state index is 12.1. The summed E-state index contributed by atoms with van der Waals surface area (Å²) in [4.78, 5) is 23.7. The second-order valence-corrected chi connectivity index (χ2v) is 5.37. The largest absolute Gasteiger partial charge is 0.480 e. The molecule has 2 rings (SSSR count). The van der Waals surface area contributed by atoms with E-state index in [4.69, 9.17) is 0 Å². The van der Waals surface area contributed by atoms with Gasteiger partial charge in [-0.1, -0.05) is 19.3 Å². The quantitative estimate of drug-likeness (QED) is 0.721. The van der Waals surface area contributed by atoms with E-state index in [-0.39, 0.29) is 11.7 Å². The van der Waals surface area contributed by atoms with Crippen LogP contribution in [0.5, 0.6) is 0 Å². The Hall–Kier alpha value is -0.900. The molecule has 0 heterocycles. The van der Waals surface area contributed by atoms with Crippen molar-refractivity contribution in [2.75, 3.05) is 0 Å². The summed E-state index contributed by atoms with van der Waals surface area (Å²) in [6, 6.07) is 0. The summed E-state index contributed by atoms with van der Waals surface area (Å²) in [5.74, 6) is -1.56. The second kappa shape index (κ2) is 4.77. The molecule has 0 amide bonds. The number of hydrogen-bond acceptors (Lipinski definition) is 3. The molecule has 0 bridgehead atoms. The molecule has 4 nitrogen and oxygen atoms in total. The average molecular weight is 240 g/mol. The minimum Gasteiger partial charge on any atom is -0.480 e. The third kappa shape index (κ3) is 1.99. The number of aliphatic hydroxyl groups excluding tert-OH is 1. The number of ketones is 1. The van der Waals surface area contributed by atoms with Crippen LogP contribution in [-0.4, -0.2) is 28.1 Å². The van der Waals surface area contributed by atoms with Gasteiger partial charge in [0.05, 0.1) is 6.10 Å². The molecule has 0 aromatic heterocycles. The Bertz CT molecular complexity index is 325. The maximum atomic E-state index is 12.1. The van der Waals surface area contributed by atoms with Gasteiger partial charge in [-0.15, -0.1) is 0 Å². The molecule has 2 aliphatic carbocycles. The molecule has 0 aliphatic heterocycles. The van der Waals surface area contributed by atoms with E-state index in [0.29, 0.717) is 25.7 Å². The van der Waals surface area contributed by atoms with E-state index in [1.54, 1.807) is 0 Å². The van der Waals surface area contributed by atoms with E-state index < -0.39 is 17.5 Å². The van der Waals surface area contributed by atoms with E-state index in [1.165, 1.54) is 0 Å². The van der Waals surface area contributed by atoms with E-state index in [1.807, 2.05) is 0 Å². The van der Waals surface area contributed by atoms with Crippen LogP contribution < -0.4 is 0 Å². The lowest BCUT2D eigenvalue weighted by molar-refractivity contribution is -0.167. The first-order valence-electron chi connectivity index (χ1n) is 6.54. The fraction of sp³-hybridized carbons (Fsp3) is 0.846. The van der Waals surface area contributed by atoms with Crippen LogP contribution in [0.2, 0.25) is 0 Å². The van der Waals surface area contributed by atoms with Crippen LogP contribution in [0.25, 0.3) is 0 Å². The third-order valence-electron chi connectivity index (χ3n) is 4.47. The zero-order valence-corrected chi connectivity index (χ0v) is 10.0. The molecular formula is C13H20O4. The van der Waals surface area contributed by atoms with Crippen LogP contribution in [0.3, 0.4) is 0 Å². The predicted octanol–water partition coefficient (Wildman–Crippen LogP) is 1.75. The summed E-state index contributed by atoms with van der Waals surface area (Å²) in [5, 5.41) is 19.5. The fourth-order valence-electron chi connectivity index (χ4n) is 3.51. The van der Waals surface area contributed by atoms with Crippen molar-refractivity contribution in [2.45, 2.75) is 57.5 Å². The van der Waals surface area contributed by atoms with Crippen LogP contribution in [0.4, 0.5) is 0 Å². The maximum Gasteiger partial charge on any atom is 0.317 e. The minimum absolute atomic E-state index is 0.165. The van der Waals surface area contributed by atoms with Crippen LogP contribution >= 0.6 is 0 Å². The molecular weight excluding hydrogens is 220 g/mol. The SMILES string of the molecule is O=C(O)C1(C2CCCCC2O)CCCCC1=O. The Labute approximate surface area is 101 Å². The van der Waals surface area contributed by atoms with Crippen molar-refractivity contribution in [1.29, 1.82) is 0 Å². The zero-order chi connectivity index (χ0) is 12.5. The molecule has 2 saturated carbocycles. The van der Waals surface area contributed by atoms with Crippen molar-refractivity contribution in [1.82, 2.24) is 0 Å². The summed E-state index contributed by atoms with van der Waals surface area (Å²) >= 11 is 0. The van der Waals surface area contributed by atoms with Gasteiger partial charge in [0.2, 0.25) is 0 Å². The van der Waals surface area contributed by atoms with Gasteiger partial charge in [0.1, 0.15) is 5.41 Å². The molecule has 0 saturated heterocycles. The first-order valence-corrected chi connectivity index (χ1v) is 6.54. The van der Waals surface area contributed by atoms with E-state index in [9.17, 15) is 19.8 Å². The van der Waals surface area contributed by atoms with Crippen molar-refractivity contribution in [2.24, 2.45) is 11.3 Å². The summed E-state index contributed by atoms with van der Waals surface area (Å²) in [5.41, 5.74) is -1.29. The van der Waals surface area contributed by atoms with Gasteiger partial charge in [0.15, 0.2) is 5.78 Å². The van der Waals surface area contributed by atoms with Gasteiger partial charge in [-0.3, -0.25) is 9.59 Å². The molecule has 0 aromatic rings. The Morgan fingerprint density at radius 3 is 2.47 bits per heavy atom. The average Bonchev–Trinajstić information content (AvgIpc) is 2.30. The van der Waals surface area contributed by atoms with Gasteiger partial charge < -0.3 is 10.2 Å². The van der Waals surface area contributed by atoms with E-state index in [0.717, 1.165) is 25.7 Å². The Morgan fingerprint density at radius 1 is 1.18 bits per heavy atom. The Morgan fingerprint density at radius 2 is 1.88 bits per heavy atom. The lowest BCUT2D eigenvalue weighted by Crippen LogP contribution is -2.52. The highest BCUT2D eigenvalue weighted by Crippen LogP contribution is 2.46. The zero-order valence-electron chi connectivity index (χ0n) is 10.0. The van der Waals surface area contributed by atoms with Gasteiger partial charge in [0, 0.05) is 12.3 Å². The third-order valence-corrected chi connectivity index (χ3v) is 4.47. The highest BCUT2D eigenvalue weighted by atomic mass is 16.4. The number of hydrogen-bond donors (Lipinski definition) is 2. The monoisotopic (exact) mass is 240 g/mol. The van der Waals surface area contributed by atoms with Crippen LogP contribution in [0, 0.1) is 11.3 Å². The first kappa shape index (κ1) is 12.6. The second-order valence-electron chi connectivity index (χ2n) is 5.37. The fourth-order valence-corrected chi connectivity index (χ4v) is 3.51. The van der Waals surface area contributed by atoms with Crippen molar-refractivity contribution < 1.29 is 19.8 Å². The topological polar surface area (TPSA) is 74.6 Å². The summed E-state index contributed by atoms with van der Waals surface area (Å²) in [6.07, 6.45) is 4.86. The molecule has 2 fully saturated rings. The predicted molar refractivity (Wildman–Crippen MR) is 61.5 cm³/mol. The molecule has 96 valence electrons. The highest BCUT2D eigenvalue weighted by molar-refractivity contribution is 6.04. The van der Waals surface area contributed by atoms with Crippen LogP contribution in [-0.2, 0) is 9.59 Å². The van der Waals surface area contributed by atoms with Crippen molar-refractivity contribution >= 4 is 11.8 Å². The van der Waals surface area contributed by atoms with Gasteiger partial charge in [-0.05, 0) is 25.7 Å². The number of carboxylic acids is 1. The first-order chi connectivity index (χ1) is 8.09. The number of aliphatic hydroxyl groups is 1. The van der Waals surface area contributed by atoms with Crippen LogP contribution in [0.1, 0.15) is 51.4 Å². The van der Waals surface area contributed by atoms with Gasteiger partial charge in [-0.25, -0.2) is 0 Å².